The Morgan fingerprint density at radius 1 is 0.946 bits per heavy atom. The van der Waals surface area contributed by atoms with Gasteiger partial charge in [0.2, 0.25) is 11.8 Å². The lowest BCUT2D eigenvalue weighted by Crippen LogP contribution is -2.51. The summed E-state index contributed by atoms with van der Waals surface area (Å²) in [4.78, 5) is 28.0. The van der Waals surface area contributed by atoms with Gasteiger partial charge in [0.1, 0.15) is 12.6 Å². The van der Waals surface area contributed by atoms with Crippen molar-refractivity contribution in [2.45, 2.75) is 38.3 Å². The highest BCUT2D eigenvalue weighted by atomic mass is 35.5. The summed E-state index contributed by atoms with van der Waals surface area (Å²) in [6.07, 6.45) is 0. The Morgan fingerprint density at radius 2 is 1.59 bits per heavy atom. The van der Waals surface area contributed by atoms with Crippen molar-refractivity contribution in [3.63, 3.8) is 0 Å². The molecule has 3 aromatic carbocycles. The Balaban J connectivity index is 2.05. The highest BCUT2D eigenvalue weighted by Crippen LogP contribution is 2.31. The quantitative estimate of drug-likeness (QED) is 0.375. The number of halogens is 2. The van der Waals surface area contributed by atoms with Crippen LogP contribution in [0.25, 0.3) is 0 Å². The van der Waals surface area contributed by atoms with E-state index >= 15 is 0 Å². The summed E-state index contributed by atoms with van der Waals surface area (Å²) in [5.74, 6) is -0.885. The van der Waals surface area contributed by atoms with Gasteiger partial charge in [-0.15, -0.1) is 0 Å². The maximum Gasteiger partial charge on any atom is 0.264 e. The van der Waals surface area contributed by atoms with Crippen molar-refractivity contribution in [3.05, 3.63) is 94.0 Å². The molecule has 0 radical (unpaired) electrons. The van der Waals surface area contributed by atoms with Gasteiger partial charge in [-0.25, -0.2) is 8.42 Å². The molecule has 0 heterocycles. The number of hydrogen-bond donors (Lipinski definition) is 1. The Morgan fingerprint density at radius 3 is 2.22 bits per heavy atom. The van der Waals surface area contributed by atoms with Crippen LogP contribution < -0.4 is 9.62 Å². The third-order valence-electron chi connectivity index (χ3n) is 5.92. The zero-order valence-electron chi connectivity index (χ0n) is 20.8. The molecule has 1 atom stereocenters. The first kappa shape index (κ1) is 28.5. The molecule has 3 rings (SSSR count). The number of likely N-dealkylation sites (N-methyl/N-ethyl adjacent to an activating group) is 1. The zero-order chi connectivity index (χ0) is 27.2. The van der Waals surface area contributed by atoms with Crippen molar-refractivity contribution >= 4 is 50.7 Å². The van der Waals surface area contributed by atoms with Crippen molar-refractivity contribution < 1.29 is 18.0 Å². The van der Waals surface area contributed by atoms with Gasteiger partial charge >= 0.3 is 0 Å². The number of hydrogen-bond acceptors (Lipinski definition) is 4. The van der Waals surface area contributed by atoms with E-state index in [0.717, 1.165) is 15.4 Å². The van der Waals surface area contributed by atoms with Gasteiger partial charge in [-0.1, -0.05) is 65.7 Å². The second kappa shape index (κ2) is 12.4. The van der Waals surface area contributed by atoms with Crippen LogP contribution in [0.15, 0.2) is 77.7 Å². The summed E-state index contributed by atoms with van der Waals surface area (Å²) in [6, 6.07) is 18.8. The minimum Gasteiger partial charge on any atom is -0.355 e. The fourth-order valence-electron chi connectivity index (χ4n) is 3.76. The van der Waals surface area contributed by atoms with Crippen molar-refractivity contribution in [1.82, 2.24) is 10.2 Å². The van der Waals surface area contributed by atoms with E-state index in [4.69, 9.17) is 23.2 Å². The first-order valence-electron chi connectivity index (χ1n) is 11.7. The molecule has 7 nitrogen and oxygen atoms in total. The molecule has 0 unspecified atom stereocenters. The summed E-state index contributed by atoms with van der Waals surface area (Å²) in [6.45, 7) is 5.30. The van der Waals surface area contributed by atoms with E-state index in [1.165, 1.54) is 35.2 Å². The summed E-state index contributed by atoms with van der Waals surface area (Å²) < 4.78 is 28.4. The third-order valence-corrected chi connectivity index (χ3v) is 8.45. The standard InChI is InChI=1S/C27H29Cl2N3O4S/c1-4-30-27(34)20(3)31(17-21-11-9-8-10-19(21)2)26(33)18-32(22-14-15-24(28)25(29)16-22)37(35,36)23-12-6-5-7-13-23/h5-16,20H,4,17-18H2,1-3H3,(H,30,34)/t20-/m1/s1. The van der Waals surface area contributed by atoms with E-state index in [2.05, 4.69) is 5.32 Å². The van der Waals surface area contributed by atoms with Crippen molar-refractivity contribution in [3.8, 4) is 0 Å². The van der Waals surface area contributed by atoms with Crippen molar-refractivity contribution in [2.24, 2.45) is 0 Å². The molecular weight excluding hydrogens is 533 g/mol. The molecule has 3 aromatic rings. The largest absolute Gasteiger partial charge is 0.355 e. The highest BCUT2D eigenvalue weighted by Gasteiger charge is 2.32. The number of nitrogens with one attached hydrogen (secondary N) is 1. The molecule has 0 bridgehead atoms. The number of carbonyl (C=O) groups excluding carboxylic acids is 2. The number of amides is 2. The van der Waals surface area contributed by atoms with E-state index in [9.17, 15) is 18.0 Å². The van der Waals surface area contributed by atoms with Gasteiger partial charge in [-0.2, -0.15) is 0 Å². The van der Waals surface area contributed by atoms with Gasteiger partial charge in [0.15, 0.2) is 0 Å². The lowest BCUT2D eigenvalue weighted by Gasteiger charge is -2.32. The van der Waals surface area contributed by atoms with Gasteiger partial charge in [0.25, 0.3) is 10.0 Å². The maximum absolute atomic E-state index is 13.8. The van der Waals surface area contributed by atoms with Crippen LogP contribution in [0.1, 0.15) is 25.0 Å². The Hall–Kier alpha value is -3.07. The molecule has 0 aliphatic heterocycles. The minimum absolute atomic E-state index is 0.0103. The topological polar surface area (TPSA) is 86.8 Å². The number of sulfonamides is 1. The summed E-state index contributed by atoms with van der Waals surface area (Å²) in [5, 5.41) is 3.13. The van der Waals surface area contributed by atoms with E-state index in [1.807, 2.05) is 31.2 Å². The number of anilines is 1. The third kappa shape index (κ3) is 6.83. The molecule has 1 N–H and O–H groups in total. The normalized spacial score (nSPS) is 12.0. The predicted molar refractivity (Wildman–Crippen MR) is 147 cm³/mol. The van der Waals surface area contributed by atoms with E-state index in [1.54, 1.807) is 32.0 Å². The summed E-state index contributed by atoms with van der Waals surface area (Å²) >= 11 is 12.3. The molecule has 0 spiro atoms. The number of rotatable bonds is 10. The van der Waals surface area contributed by atoms with Crippen LogP contribution in [0, 0.1) is 6.92 Å². The average Bonchev–Trinajstić information content (AvgIpc) is 2.88. The predicted octanol–water partition coefficient (Wildman–Crippen LogP) is 5.05. The first-order valence-corrected chi connectivity index (χ1v) is 13.9. The molecule has 37 heavy (non-hydrogen) atoms. The average molecular weight is 563 g/mol. The Kier molecular flexibility index (Phi) is 9.59. The summed E-state index contributed by atoms with van der Waals surface area (Å²) in [7, 11) is -4.17. The van der Waals surface area contributed by atoms with Gasteiger partial charge in [-0.3, -0.25) is 13.9 Å². The van der Waals surface area contributed by atoms with Crippen LogP contribution in [-0.2, 0) is 26.2 Å². The maximum atomic E-state index is 13.8. The lowest BCUT2D eigenvalue weighted by molar-refractivity contribution is -0.139. The number of benzene rings is 3. The van der Waals surface area contributed by atoms with E-state index in [-0.39, 0.29) is 33.1 Å². The molecule has 0 aromatic heterocycles. The molecule has 2 amide bonds. The van der Waals surface area contributed by atoms with Gasteiger partial charge in [0, 0.05) is 13.1 Å². The zero-order valence-corrected chi connectivity index (χ0v) is 23.1. The van der Waals surface area contributed by atoms with Crippen LogP contribution in [0.4, 0.5) is 5.69 Å². The number of carbonyl (C=O) groups is 2. The first-order chi connectivity index (χ1) is 17.6. The number of aryl methyl sites for hydroxylation is 1. The van der Waals surface area contributed by atoms with Crippen molar-refractivity contribution in [2.75, 3.05) is 17.4 Å². The summed E-state index contributed by atoms with van der Waals surface area (Å²) in [5.41, 5.74) is 1.97. The molecule has 0 saturated heterocycles. The van der Waals surface area contributed by atoms with E-state index in [0.29, 0.717) is 6.54 Å². The second-order valence-corrected chi connectivity index (χ2v) is 11.1. The molecule has 0 aliphatic carbocycles. The van der Waals surface area contributed by atoms with Gasteiger partial charge in [-0.05, 0) is 62.2 Å². The highest BCUT2D eigenvalue weighted by molar-refractivity contribution is 7.92. The monoisotopic (exact) mass is 561 g/mol. The van der Waals surface area contributed by atoms with Crippen molar-refractivity contribution in [1.29, 1.82) is 0 Å². The number of nitrogens with zero attached hydrogens (tertiary/aromatic N) is 2. The SMILES string of the molecule is CCNC(=O)[C@@H](C)N(Cc1ccccc1C)C(=O)CN(c1ccc(Cl)c(Cl)c1)S(=O)(=O)c1ccccc1. The van der Waals surface area contributed by atoms with Crippen LogP contribution in [0.2, 0.25) is 10.0 Å². The van der Waals surface area contributed by atoms with Gasteiger partial charge in [0.05, 0.1) is 20.6 Å². The fourth-order valence-corrected chi connectivity index (χ4v) is 5.48. The lowest BCUT2D eigenvalue weighted by atomic mass is 10.1. The smallest absolute Gasteiger partial charge is 0.264 e. The van der Waals surface area contributed by atoms with Crippen LogP contribution in [0.3, 0.4) is 0 Å². The second-order valence-electron chi connectivity index (χ2n) is 8.44. The Bertz CT molecular complexity index is 1370. The van der Waals surface area contributed by atoms with Gasteiger partial charge < -0.3 is 10.2 Å². The van der Waals surface area contributed by atoms with Crippen LogP contribution >= 0.6 is 23.2 Å². The van der Waals surface area contributed by atoms with Crippen LogP contribution in [-0.4, -0.2) is 44.3 Å². The Labute approximate surface area is 228 Å². The fraction of sp³-hybridized carbons (Fsp3) is 0.259. The molecule has 0 saturated carbocycles. The van der Waals surface area contributed by atoms with Crippen LogP contribution in [0.5, 0.6) is 0 Å². The molecular formula is C27H29Cl2N3O4S. The molecule has 0 aliphatic rings. The molecule has 0 fully saturated rings. The minimum atomic E-state index is -4.17. The molecule has 196 valence electrons. The molecule has 10 heteroatoms. The van der Waals surface area contributed by atoms with E-state index < -0.39 is 28.5 Å².